The van der Waals surface area contributed by atoms with Crippen LogP contribution in [0.2, 0.25) is 0 Å². The molecule has 0 fully saturated rings. The Hall–Kier alpha value is -1.12. The molecule has 158 valence electrons. The maximum atomic E-state index is 11.3. The molecule has 0 heterocycles. The summed E-state index contributed by atoms with van der Waals surface area (Å²) < 4.78 is 0. The molecule has 0 saturated carbocycles. The topological polar surface area (TPSA) is 40.5 Å². The van der Waals surface area contributed by atoms with Crippen molar-refractivity contribution in [3.05, 3.63) is 47.6 Å². The third kappa shape index (κ3) is 4.89. The Balaban J connectivity index is 2.56. The van der Waals surface area contributed by atoms with Gasteiger partial charge in [-0.25, -0.2) is 0 Å². The van der Waals surface area contributed by atoms with Crippen molar-refractivity contribution in [1.82, 2.24) is 0 Å². The van der Waals surface area contributed by atoms with Gasteiger partial charge in [-0.2, -0.15) is 0 Å². The number of hydrogen-bond acceptors (Lipinski definition) is 2. The molecule has 0 amide bonds. The zero-order chi connectivity index (χ0) is 21.5. The van der Waals surface area contributed by atoms with Crippen LogP contribution >= 0.6 is 0 Å². The molecule has 0 aromatic carbocycles. The summed E-state index contributed by atoms with van der Waals surface area (Å²) in [6.45, 7) is 19.3. The molecule has 0 radical (unpaired) electrons. The lowest BCUT2D eigenvalue weighted by Gasteiger charge is -2.46. The van der Waals surface area contributed by atoms with Crippen LogP contribution in [0.3, 0.4) is 0 Å². The van der Waals surface area contributed by atoms with Gasteiger partial charge in [0.2, 0.25) is 0 Å². The SMILES string of the molecule is CCCC(C1C=C(C(C)(C)C)C=CC1(C)O)C1C=C(C(C)(C)C)C=CC1(C)O. The van der Waals surface area contributed by atoms with Gasteiger partial charge in [-0.15, -0.1) is 0 Å². The normalized spacial score (nSPS) is 34.8. The van der Waals surface area contributed by atoms with Crippen LogP contribution in [0, 0.1) is 28.6 Å². The summed E-state index contributed by atoms with van der Waals surface area (Å²) in [5.74, 6) is 0.0823. The maximum Gasteiger partial charge on any atom is 0.0868 e. The van der Waals surface area contributed by atoms with Crippen molar-refractivity contribution < 1.29 is 10.2 Å². The van der Waals surface area contributed by atoms with Gasteiger partial charge in [0.05, 0.1) is 11.2 Å². The van der Waals surface area contributed by atoms with Gasteiger partial charge in [-0.3, -0.25) is 0 Å². The highest BCUT2D eigenvalue weighted by molar-refractivity contribution is 5.37. The van der Waals surface area contributed by atoms with Crippen LogP contribution in [0.4, 0.5) is 0 Å². The Morgan fingerprint density at radius 2 is 1.18 bits per heavy atom. The standard InChI is InChI=1S/C26H42O2/c1-10-11-20(21-16-18(23(2,3)4)12-14-25(21,8)27)22-17-19(24(5,6)7)13-15-26(22,9)28/h12-17,20-22,27-28H,10-11H2,1-9H3. The molecule has 0 aromatic rings. The Kier molecular flexibility index (Phi) is 6.30. The molecular formula is C26H42O2. The van der Waals surface area contributed by atoms with E-state index in [1.807, 2.05) is 26.0 Å². The van der Waals surface area contributed by atoms with Crippen molar-refractivity contribution in [2.45, 2.75) is 86.4 Å². The Morgan fingerprint density at radius 3 is 1.46 bits per heavy atom. The second kappa shape index (κ2) is 7.61. The lowest BCUT2D eigenvalue weighted by Crippen LogP contribution is -2.47. The minimum atomic E-state index is -0.915. The summed E-state index contributed by atoms with van der Waals surface area (Å²) in [6.07, 6.45) is 14.6. The van der Waals surface area contributed by atoms with E-state index >= 15 is 0 Å². The maximum absolute atomic E-state index is 11.3. The summed E-state index contributed by atoms with van der Waals surface area (Å²) in [6, 6.07) is 0. The van der Waals surface area contributed by atoms with Crippen LogP contribution in [0.5, 0.6) is 0 Å². The van der Waals surface area contributed by atoms with Crippen LogP contribution in [0.1, 0.15) is 75.2 Å². The molecule has 2 N–H and O–H groups in total. The van der Waals surface area contributed by atoms with Gasteiger partial charge < -0.3 is 10.2 Å². The Labute approximate surface area is 173 Å². The average molecular weight is 387 g/mol. The van der Waals surface area contributed by atoms with E-state index < -0.39 is 11.2 Å². The quantitative estimate of drug-likeness (QED) is 0.602. The van der Waals surface area contributed by atoms with Gasteiger partial charge in [-0.05, 0) is 48.2 Å². The van der Waals surface area contributed by atoms with E-state index in [9.17, 15) is 10.2 Å². The summed E-state index contributed by atoms with van der Waals surface area (Å²) in [5, 5.41) is 22.6. The fourth-order valence-corrected chi connectivity index (χ4v) is 4.60. The summed E-state index contributed by atoms with van der Waals surface area (Å²) in [7, 11) is 0. The number of allylic oxidation sites excluding steroid dienone is 4. The minimum absolute atomic E-state index is 0.0312. The van der Waals surface area contributed by atoms with E-state index in [0.717, 1.165) is 12.8 Å². The average Bonchev–Trinajstić information content (AvgIpc) is 2.50. The Bertz CT molecular complexity index is 629. The van der Waals surface area contributed by atoms with Crippen molar-refractivity contribution in [2.75, 3.05) is 0 Å². The first-order valence-corrected chi connectivity index (χ1v) is 10.9. The number of aliphatic hydroxyl groups is 2. The lowest BCUT2D eigenvalue weighted by molar-refractivity contribution is -0.0224. The fourth-order valence-electron chi connectivity index (χ4n) is 4.60. The fraction of sp³-hybridized carbons (Fsp3) is 0.692. The van der Waals surface area contributed by atoms with Crippen LogP contribution in [-0.4, -0.2) is 21.4 Å². The molecule has 0 aromatic heterocycles. The third-order valence-corrected chi connectivity index (χ3v) is 6.55. The van der Waals surface area contributed by atoms with Gasteiger partial charge in [0.15, 0.2) is 0 Å². The molecule has 2 heteroatoms. The molecule has 28 heavy (non-hydrogen) atoms. The van der Waals surface area contributed by atoms with E-state index in [1.165, 1.54) is 11.1 Å². The largest absolute Gasteiger partial charge is 0.385 e. The molecule has 4 atom stereocenters. The summed E-state index contributed by atoms with van der Waals surface area (Å²) >= 11 is 0. The predicted molar refractivity (Wildman–Crippen MR) is 120 cm³/mol. The molecule has 0 aliphatic heterocycles. The molecule has 2 rings (SSSR count). The van der Waals surface area contributed by atoms with Gasteiger partial charge in [-0.1, -0.05) is 91.3 Å². The number of hydrogen-bond donors (Lipinski definition) is 2. The van der Waals surface area contributed by atoms with Crippen molar-refractivity contribution in [2.24, 2.45) is 28.6 Å². The minimum Gasteiger partial charge on any atom is -0.385 e. The smallest absolute Gasteiger partial charge is 0.0868 e. The first-order valence-electron chi connectivity index (χ1n) is 10.9. The lowest BCUT2D eigenvalue weighted by atomic mass is 9.61. The van der Waals surface area contributed by atoms with Gasteiger partial charge in [0.25, 0.3) is 0 Å². The van der Waals surface area contributed by atoms with E-state index in [-0.39, 0.29) is 28.6 Å². The second-order valence-electron chi connectivity index (χ2n) is 11.4. The van der Waals surface area contributed by atoms with Crippen molar-refractivity contribution in [1.29, 1.82) is 0 Å². The molecule has 0 saturated heterocycles. The van der Waals surface area contributed by atoms with E-state index in [4.69, 9.17) is 0 Å². The van der Waals surface area contributed by atoms with Crippen LogP contribution in [0.25, 0.3) is 0 Å². The third-order valence-electron chi connectivity index (χ3n) is 6.55. The monoisotopic (exact) mass is 386 g/mol. The van der Waals surface area contributed by atoms with Gasteiger partial charge in [0.1, 0.15) is 0 Å². The van der Waals surface area contributed by atoms with Crippen LogP contribution in [-0.2, 0) is 0 Å². The molecule has 4 unspecified atom stereocenters. The van der Waals surface area contributed by atoms with E-state index in [1.54, 1.807) is 0 Å². The second-order valence-corrected chi connectivity index (χ2v) is 11.4. The highest BCUT2D eigenvalue weighted by Gasteiger charge is 2.45. The summed E-state index contributed by atoms with van der Waals surface area (Å²) in [5.41, 5.74) is 0.753. The van der Waals surface area contributed by atoms with E-state index in [2.05, 4.69) is 72.8 Å². The number of rotatable bonds is 4. The van der Waals surface area contributed by atoms with Gasteiger partial charge >= 0.3 is 0 Å². The highest BCUT2D eigenvalue weighted by atomic mass is 16.3. The molecule has 0 bridgehead atoms. The zero-order valence-electron chi connectivity index (χ0n) is 19.5. The zero-order valence-corrected chi connectivity index (χ0v) is 19.5. The van der Waals surface area contributed by atoms with Crippen molar-refractivity contribution in [3.8, 4) is 0 Å². The van der Waals surface area contributed by atoms with Crippen LogP contribution < -0.4 is 0 Å². The summed E-state index contributed by atoms with van der Waals surface area (Å²) in [4.78, 5) is 0. The van der Waals surface area contributed by atoms with Crippen LogP contribution in [0.15, 0.2) is 47.6 Å². The van der Waals surface area contributed by atoms with Crippen molar-refractivity contribution >= 4 is 0 Å². The molecular weight excluding hydrogens is 344 g/mol. The first-order chi connectivity index (χ1) is 12.6. The molecule has 0 spiro atoms. The van der Waals surface area contributed by atoms with Crippen molar-refractivity contribution in [3.63, 3.8) is 0 Å². The Morgan fingerprint density at radius 1 is 0.821 bits per heavy atom. The van der Waals surface area contributed by atoms with Gasteiger partial charge in [0, 0.05) is 11.8 Å². The highest BCUT2D eigenvalue weighted by Crippen LogP contribution is 2.47. The predicted octanol–water partition coefficient (Wildman–Crippen LogP) is 6.22. The van der Waals surface area contributed by atoms with E-state index in [0.29, 0.717) is 0 Å². The first kappa shape index (κ1) is 23.2. The molecule has 2 aliphatic rings. The molecule has 2 nitrogen and oxygen atoms in total. The molecule has 2 aliphatic carbocycles.